The number of aryl methyl sites for hydroxylation is 1. The van der Waals surface area contributed by atoms with Crippen molar-refractivity contribution >= 4 is 32.5 Å². The molecule has 2 aliphatic rings. The van der Waals surface area contributed by atoms with Crippen molar-refractivity contribution in [2.75, 3.05) is 16.8 Å². The number of pyridine rings is 1. The number of aromatic nitrogens is 3. The second-order valence-electron chi connectivity index (χ2n) is 8.48. The number of fused-ring (bicyclic) bond motifs is 1. The van der Waals surface area contributed by atoms with Crippen molar-refractivity contribution in [1.82, 2.24) is 14.8 Å². The Kier molecular flexibility index (Phi) is 5.31. The molecule has 0 radical (unpaired) electrons. The largest absolute Gasteiger partial charge is 0.433 e. The Morgan fingerprint density at radius 2 is 2.00 bits per heavy atom. The number of amides is 1. The highest BCUT2D eigenvalue weighted by molar-refractivity contribution is 7.91. The van der Waals surface area contributed by atoms with Crippen LogP contribution in [0.1, 0.15) is 53.0 Å². The molecule has 3 aromatic rings. The van der Waals surface area contributed by atoms with Gasteiger partial charge in [0.1, 0.15) is 5.75 Å². The molecule has 1 aliphatic heterocycles. The number of ether oxygens (including phenoxy) is 1. The topological polar surface area (TPSA) is 103 Å². The molecule has 3 heterocycles. The minimum atomic E-state index is -3.14. The van der Waals surface area contributed by atoms with E-state index in [1.165, 1.54) is 18.2 Å². The van der Waals surface area contributed by atoms with Crippen LogP contribution in [0.15, 0.2) is 30.3 Å². The zero-order valence-corrected chi connectivity index (χ0v) is 18.6. The molecular weight excluding hydrogens is 454 g/mol. The maximum absolute atomic E-state index is 13.3. The number of halogens is 2. The van der Waals surface area contributed by atoms with Crippen LogP contribution in [0.5, 0.6) is 5.75 Å². The predicted molar refractivity (Wildman–Crippen MR) is 118 cm³/mol. The summed E-state index contributed by atoms with van der Waals surface area (Å²) in [5.74, 6) is -0.340. The summed E-state index contributed by atoms with van der Waals surface area (Å²) in [6, 6.07) is 7.35. The van der Waals surface area contributed by atoms with Crippen LogP contribution >= 0.6 is 0 Å². The van der Waals surface area contributed by atoms with Crippen molar-refractivity contribution in [2.24, 2.45) is 0 Å². The first kappa shape index (κ1) is 21.7. The van der Waals surface area contributed by atoms with Crippen LogP contribution < -0.4 is 10.1 Å². The third kappa shape index (κ3) is 4.29. The molecular formula is C22H22F2N4O4S. The monoisotopic (exact) mass is 476 g/mol. The summed E-state index contributed by atoms with van der Waals surface area (Å²) in [7, 11) is -3.14. The summed E-state index contributed by atoms with van der Waals surface area (Å²) < 4.78 is 55.8. The van der Waals surface area contributed by atoms with Gasteiger partial charge >= 0.3 is 6.61 Å². The smallest absolute Gasteiger partial charge is 0.387 e. The minimum absolute atomic E-state index is 0.0154. The van der Waals surface area contributed by atoms with Gasteiger partial charge in [0, 0.05) is 11.6 Å². The predicted octanol–water partition coefficient (Wildman–Crippen LogP) is 3.83. The summed E-state index contributed by atoms with van der Waals surface area (Å²) in [5, 5.41) is 7.74. The van der Waals surface area contributed by atoms with Crippen molar-refractivity contribution in [3.63, 3.8) is 0 Å². The van der Waals surface area contributed by atoms with Crippen LogP contribution in [-0.2, 0) is 9.84 Å². The van der Waals surface area contributed by atoms with Crippen LogP contribution in [0.4, 0.5) is 14.5 Å². The number of nitrogens with one attached hydrogen (secondary N) is 1. The van der Waals surface area contributed by atoms with Gasteiger partial charge in [-0.15, -0.1) is 0 Å². The van der Waals surface area contributed by atoms with Gasteiger partial charge in [-0.1, -0.05) is 12.1 Å². The highest BCUT2D eigenvalue weighted by Gasteiger charge is 2.34. The quantitative estimate of drug-likeness (QED) is 0.580. The number of alkyl halides is 2. The van der Waals surface area contributed by atoms with Crippen LogP contribution in [0.2, 0.25) is 0 Å². The normalized spacial score (nSPS) is 19.8. The fourth-order valence-electron chi connectivity index (χ4n) is 4.28. The van der Waals surface area contributed by atoms with Crippen LogP contribution in [0.25, 0.3) is 11.0 Å². The van der Waals surface area contributed by atoms with E-state index in [-0.39, 0.29) is 34.9 Å². The molecule has 2 fully saturated rings. The number of hydrogen-bond acceptors (Lipinski definition) is 6. The molecule has 1 unspecified atom stereocenters. The van der Waals surface area contributed by atoms with Crippen molar-refractivity contribution in [3.05, 3.63) is 47.3 Å². The number of sulfone groups is 1. The van der Waals surface area contributed by atoms with E-state index in [1.807, 2.05) is 0 Å². The number of hydrogen-bond donors (Lipinski definition) is 1. The van der Waals surface area contributed by atoms with E-state index in [0.717, 1.165) is 18.5 Å². The molecule has 1 N–H and O–H groups in total. The van der Waals surface area contributed by atoms with E-state index >= 15 is 0 Å². The van der Waals surface area contributed by atoms with Crippen molar-refractivity contribution < 1.29 is 26.7 Å². The zero-order valence-electron chi connectivity index (χ0n) is 17.8. The molecule has 8 nitrogen and oxygen atoms in total. The lowest BCUT2D eigenvalue weighted by molar-refractivity contribution is -0.0493. The second-order valence-corrected chi connectivity index (χ2v) is 10.7. The maximum Gasteiger partial charge on any atom is 0.387 e. The zero-order chi connectivity index (χ0) is 23.3. The van der Waals surface area contributed by atoms with E-state index in [4.69, 9.17) is 4.98 Å². The molecule has 5 rings (SSSR count). The van der Waals surface area contributed by atoms with Crippen molar-refractivity contribution in [3.8, 4) is 5.75 Å². The number of carbonyl (C=O) groups excluding carboxylic acids is 1. The maximum atomic E-state index is 13.3. The van der Waals surface area contributed by atoms with Crippen molar-refractivity contribution in [1.29, 1.82) is 0 Å². The Morgan fingerprint density at radius 1 is 1.24 bits per heavy atom. The van der Waals surface area contributed by atoms with Gasteiger partial charge in [0.15, 0.2) is 15.5 Å². The first-order chi connectivity index (χ1) is 15.7. The van der Waals surface area contributed by atoms with E-state index in [1.54, 1.807) is 23.7 Å². The SMILES string of the molecule is Cc1nn(C2CCS(=O)(=O)C2)c2nc(C3CC3)cc(C(=O)Nc3ccccc3OC(F)F)c12. The highest BCUT2D eigenvalue weighted by atomic mass is 32.2. The van der Waals surface area contributed by atoms with Gasteiger partial charge < -0.3 is 10.1 Å². The lowest BCUT2D eigenvalue weighted by atomic mass is 10.1. The van der Waals surface area contributed by atoms with Gasteiger partial charge in [0.2, 0.25) is 0 Å². The molecule has 1 saturated heterocycles. The molecule has 0 spiro atoms. The summed E-state index contributed by atoms with van der Waals surface area (Å²) in [4.78, 5) is 18.1. The van der Waals surface area contributed by atoms with Gasteiger partial charge in [0.05, 0.1) is 39.9 Å². The summed E-state index contributed by atoms with van der Waals surface area (Å²) >= 11 is 0. The Morgan fingerprint density at radius 3 is 2.67 bits per heavy atom. The minimum Gasteiger partial charge on any atom is -0.433 e. The second kappa shape index (κ2) is 8.05. The first-order valence-electron chi connectivity index (χ1n) is 10.7. The van der Waals surface area contributed by atoms with E-state index < -0.39 is 22.4 Å². The number of carbonyl (C=O) groups is 1. The number of para-hydroxylation sites is 2. The van der Waals surface area contributed by atoms with Gasteiger partial charge in [-0.25, -0.2) is 18.1 Å². The Bertz CT molecular complexity index is 1350. The highest BCUT2D eigenvalue weighted by Crippen LogP contribution is 2.41. The van der Waals surface area contributed by atoms with Crippen LogP contribution in [0, 0.1) is 6.92 Å². The molecule has 1 aliphatic carbocycles. The molecule has 174 valence electrons. The molecule has 0 bridgehead atoms. The Labute approximate surface area is 188 Å². The lowest BCUT2D eigenvalue weighted by Crippen LogP contribution is -2.16. The van der Waals surface area contributed by atoms with Gasteiger partial charge in [-0.05, 0) is 44.4 Å². The molecule has 1 amide bonds. The lowest BCUT2D eigenvalue weighted by Gasteiger charge is -2.14. The van der Waals surface area contributed by atoms with E-state index in [0.29, 0.717) is 28.7 Å². The van der Waals surface area contributed by atoms with Gasteiger partial charge in [-0.3, -0.25) is 4.79 Å². The number of anilines is 1. The molecule has 1 saturated carbocycles. The fourth-order valence-corrected chi connectivity index (χ4v) is 5.97. The van der Waals surface area contributed by atoms with E-state index in [2.05, 4.69) is 15.2 Å². The number of nitrogens with zero attached hydrogens (tertiary/aromatic N) is 3. The Hall–Kier alpha value is -3.08. The standard InChI is InChI=1S/C22H22F2N4O4S/c1-12-19-15(21(29)26-16-4-2-3-5-18(16)32-22(23)24)10-17(13-6-7-13)25-20(19)28(27-12)14-8-9-33(30,31)11-14/h2-5,10,13-14,22H,6-9,11H2,1H3,(H,26,29). The summed E-state index contributed by atoms with van der Waals surface area (Å²) in [6.07, 6.45) is 2.35. The first-order valence-corrected chi connectivity index (χ1v) is 12.5. The molecule has 33 heavy (non-hydrogen) atoms. The molecule has 1 aromatic carbocycles. The van der Waals surface area contributed by atoms with Gasteiger partial charge in [0.25, 0.3) is 5.91 Å². The van der Waals surface area contributed by atoms with Gasteiger partial charge in [-0.2, -0.15) is 13.9 Å². The number of rotatable bonds is 6. The number of benzene rings is 1. The fraction of sp³-hybridized carbons (Fsp3) is 0.409. The van der Waals surface area contributed by atoms with Crippen molar-refractivity contribution in [2.45, 2.75) is 44.8 Å². The van der Waals surface area contributed by atoms with Crippen LogP contribution in [-0.4, -0.2) is 47.2 Å². The average molecular weight is 477 g/mol. The molecule has 2 aromatic heterocycles. The summed E-state index contributed by atoms with van der Waals surface area (Å²) in [5.41, 5.74) is 2.20. The van der Waals surface area contributed by atoms with E-state index in [9.17, 15) is 22.0 Å². The molecule has 1 atom stereocenters. The summed E-state index contributed by atoms with van der Waals surface area (Å²) in [6.45, 7) is -1.29. The Balaban J connectivity index is 1.58. The van der Waals surface area contributed by atoms with Crippen LogP contribution in [0.3, 0.4) is 0 Å². The third-order valence-electron chi connectivity index (χ3n) is 6.00. The third-order valence-corrected chi connectivity index (χ3v) is 7.75. The average Bonchev–Trinajstić information content (AvgIpc) is 3.47. The molecule has 11 heteroatoms.